The molecule has 1 N–H and O–H groups in total. The Morgan fingerprint density at radius 3 is 2.75 bits per heavy atom. The maximum absolute atomic E-state index is 10.4. The lowest BCUT2D eigenvalue weighted by molar-refractivity contribution is -0.463. The van der Waals surface area contributed by atoms with E-state index in [1.807, 2.05) is 31.1 Å². The van der Waals surface area contributed by atoms with Crippen LogP contribution < -0.4 is 5.32 Å². The van der Waals surface area contributed by atoms with E-state index in [0.29, 0.717) is 12.4 Å². The van der Waals surface area contributed by atoms with Crippen LogP contribution in [0.3, 0.4) is 0 Å². The average molecular weight is 282 g/mol. The van der Waals surface area contributed by atoms with E-state index in [-0.39, 0.29) is 6.54 Å². The van der Waals surface area contributed by atoms with Gasteiger partial charge in [0.1, 0.15) is 11.5 Å². The number of aryl methyl sites for hydroxylation is 1. The number of rotatable bonds is 8. The fraction of sp³-hybridized carbons (Fsp3) is 0.615. The summed E-state index contributed by atoms with van der Waals surface area (Å²) in [6.07, 6.45) is 1.64. The van der Waals surface area contributed by atoms with E-state index >= 15 is 0 Å². The van der Waals surface area contributed by atoms with Gasteiger partial charge in [0.25, 0.3) is 6.54 Å². The van der Waals surface area contributed by atoms with Gasteiger partial charge in [-0.05, 0) is 32.6 Å². The predicted molar refractivity (Wildman–Crippen MR) is 77.6 cm³/mol. The minimum atomic E-state index is -0.393. The molecule has 0 spiro atoms. The van der Waals surface area contributed by atoms with Crippen LogP contribution in [-0.4, -0.2) is 49.9 Å². The monoisotopic (exact) mass is 282 g/mol. The lowest BCUT2D eigenvalue weighted by atomic mass is 10.2. The molecule has 0 saturated carbocycles. The smallest absolute Gasteiger partial charge is 0.259 e. The third-order valence-electron chi connectivity index (χ3n) is 2.67. The molecule has 112 valence electrons. The third kappa shape index (κ3) is 6.33. The fourth-order valence-corrected chi connectivity index (χ4v) is 1.78. The SMILES string of the molecule is CN=C(C[N+](=O)[O-])NCCCc1ccc(CN(C)C)o1. The predicted octanol–water partition coefficient (Wildman–Crippen LogP) is 1.17. The second-order valence-electron chi connectivity index (χ2n) is 4.80. The van der Waals surface area contributed by atoms with Gasteiger partial charge in [-0.3, -0.25) is 15.1 Å². The molecule has 1 rings (SSSR count). The maximum atomic E-state index is 10.4. The maximum Gasteiger partial charge on any atom is 0.259 e. The van der Waals surface area contributed by atoms with Crippen molar-refractivity contribution in [2.75, 3.05) is 34.2 Å². The molecule has 0 unspecified atom stereocenters. The molecule has 1 aromatic rings. The van der Waals surface area contributed by atoms with E-state index in [4.69, 9.17) is 4.42 Å². The Kier molecular flexibility index (Phi) is 6.72. The number of nitro groups is 1. The average Bonchev–Trinajstić information content (AvgIpc) is 2.79. The summed E-state index contributed by atoms with van der Waals surface area (Å²) in [6, 6.07) is 3.96. The van der Waals surface area contributed by atoms with Gasteiger partial charge in [-0.15, -0.1) is 0 Å². The molecule has 7 heteroatoms. The number of hydrogen-bond acceptors (Lipinski definition) is 5. The van der Waals surface area contributed by atoms with Crippen molar-refractivity contribution < 1.29 is 9.34 Å². The van der Waals surface area contributed by atoms with Crippen molar-refractivity contribution in [2.45, 2.75) is 19.4 Å². The molecule has 1 heterocycles. The number of nitrogens with one attached hydrogen (secondary N) is 1. The second-order valence-corrected chi connectivity index (χ2v) is 4.80. The Hall–Kier alpha value is -1.89. The van der Waals surface area contributed by atoms with Gasteiger partial charge < -0.3 is 14.6 Å². The molecule has 0 aliphatic carbocycles. The van der Waals surface area contributed by atoms with E-state index in [9.17, 15) is 10.1 Å². The molecular formula is C13H22N4O3. The van der Waals surface area contributed by atoms with Gasteiger partial charge in [-0.2, -0.15) is 0 Å². The molecular weight excluding hydrogens is 260 g/mol. The highest BCUT2D eigenvalue weighted by molar-refractivity contribution is 5.82. The van der Waals surface area contributed by atoms with Crippen molar-refractivity contribution in [3.05, 3.63) is 33.8 Å². The Balaban J connectivity index is 2.27. The highest BCUT2D eigenvalue weighted by atomic mass is 16.6. The Morgan fingerprint density at radius 1 is 1.45 bits per heavy atom. The van der Waals surface area contributed by atoms with Crippen LogP contribution in [0, 0.1) is 10.1 Å². The highest BCUT2D eigenvalue weighted by Crippen LogP contribution is 2.11. The van der Waals surface area contributed by atoms with Crippen LogP contribution in [0.2, 0.25) is 0 Å². The third-order valence-corrected chi connectivity index (χ3v) is 2.67. The van der Waals surface area contributed by atoms with Crippen LogP contribution in [0.5, 0.6) is 0 Å². The molecule has 0 amide bonds. The molecule has 0 saturated heterocycles. The molecule has 0 radical (unpaired) electrons. The van der Waals surface area contributed by atoms with Crippen molar-refractivity contribution in [3.8, 4) is 0 Å². The summed E-state index contributed by atoms with van der Waals surface area (Å²) in [7, 11) is 5.53. The van der Waals surface area contributed by atoms with Gasteiger partial charge in [0.2, 0.25) is 0 Å². The van der Waals surface area contributed by atoms with Crippen LogP contribution in [0.4, 0.5) is 0 Å². The number of nitrogens with zero attached hydrogens (tertiary/aromatic N) is 3. The van der Waals surface area contributed by atoms with E-state index in [2.05, 4.69) is 10.3 Å². The summed E-state index contributed by atoms with van der Waals surface area (Å²) in [5.74, 6) is 2.29. The molecule has 0 fully saturated rings. The largest absolute Gasteiger partial charge is 0.465 e. The van der Waals surface area contributed by atoms with E-state index in [0.717, 1.165) is 30.9 Å². The molecule has 7 nitrogen and oxygen atoms in total. The van der Waals surface area contributed by atoms with Crippen molar-refractivity contribution in [1.29, 1.82) is 0 Å². The zero-order valence-electron chi connectivity index (χ0n) is 12.3. The summed E-state index contributed by atoms with van der Waals surface area (Å²) < 4.78 is 5.68. The lowest BCUT2D eigenvalue weighted by Crippen LogP contribution is -2.31. The minimum absolute atomic E-state index is 0.260. The first-order valence-electron chi connectivity index (χ1n) is 6.55. The summed E-state index contributed by atoms with van der Waals surface area (Å²) in [5, 5.41) is 13.3. The topological polar surface area (TPSA) is 83.9 Å². The fourth-order valence-electron chi connectivity index (χ4n) is 1.78. The zero-order valence-corrected chi connectivity index (χ0v) is 12.3. The van der Waals surface area contributed by atoms with E-state index in [1.54, 1.807) is 7.05 Å². The number of furan rings is 1. The lowest BCUT2D eigenvalue weighted by Gasteiger charge is -2.06. The van der Waals surface area contributed by atoms with Gasteiger partial charge in [0.05, 0.1) is 6.54 Å². The van der Waals surface area contributed by atoms with Gasteiger partial charge in [-0.25, -0.2) is 0 Å². The Bertz CT molecular complexity index is 454. The minimum Gasteiger partial charge on any atom is -0.465 e. The molecule has 0 atom stereocenters. The quantitative estimate of drug-likeness (QED) is 0.254. The van der Waals surface area contributed by atoms with E-state index in [1.165, 1.54) is 0 Å². The summed E-state index contributed by atoms with van der Waals surface area (Å²) >= 11 is 0. The number of hydrogen-bond donors (Lipinski definition) is 1. The Morgan fingerprint density at radius 2 is 2.15 bits per heavy atom. The number of amidine groups is 1. The van der Waals surface area contributed by atoms with Crippen LogP contribution >= 0.6 is 0 Å². The molecule has 0 aliphatic heterocycles. The van der Waals surface area contributed by atoms with Crippen molar-refractivity contribution in [2.24, 2.45) is 4.99 Å². The van der Waals surface area contributed by atoms with Crippen LogP contribution in [0.25, 0.3) is 0 Å². The first-order chi connectivity index (χ1) is 9.51. The van der Waals surface area contributed by atoms with Crippen molar-refractivity contribution in [3.63, 3.8) is 0 Å². The Labute approximate surface area is 118 Å². The van der Waals surface area contributed by atoms with Crippen LogP contribution in [0.15, 0.2) is 21.5 Å². The van der Waals surface area contributed by atoms with Gasteiger partial charge in [0.15, 0.2) is 5.84 Å². The summed E-state index contributed by atoms with van der Waals surface area (Å²) in [6.45, 7) is 1.17. The normalized spacial score (nSPS) is 11.9. The van der Waals surface area contributed by atoms with Gasteiger partial charge in [-0.1, -0.05) is 0 Å². The van der Waals surface area contributed by atoms with Gasteiger partial charge in [0, 0.05) is 24.9 Å². The second kappa shape index (κ2) is 8.31. The van der Waals surface area contributed by atoms with Crippen molar-refractivity contribution in [1.82, 2.24) is 10.2 Å². The summed E-state index contributed by atoms with van der Waals surface area (Å²) in [5.41, 5.74) is 0. The van der Waals surface area contributed by atoms with E-state index < -0.39 is 4.92 Å². The highest BCUT2D eigenvalue weighted by Gasteiger charge is 2.06. The van der Waals surface area contributed by atoms with Crippen LogP contribution in [-0.2, 0) is 13.0 Å². The summed E-state index contributed by atoms with van der Waals surface area (Å²) in [4.78, 5) is 15.9. The molecule has 0 aromatic carbocycles. The molecule has 0 bridgehead atoms. The first kappa shape index (κ1) is 16.2. The first-order valence-corrected chi connectivity index (χ1v) is 6.55. The molecule has 20 heavy (non-hydrogen) atoms. The molecule has 1 aromatic heterocycles. The van der Waals surface area contributed by atoms with Crippen molar-refractivity contribution >= 4 is 5.84 Å². The standard InChI is InChI=1S/C13H22N4O3/c1-14-13(10-17(18)19)15-8-4-5-11-6-7-12(20-11)9-16(2)3/h6-7H,4-5,8-10H2,1-3H3,(H,14,15). The van der Waals surface area contributed by atoms with Crippen LogP contribution in [0.1, 0.15) is 17.9 Å². The molecule has 0 aliphatic rings. The zero-order chi connectivity index (χ0) is 15.0. The number of aliphatic imine (C=N–C) groups is 1. The van der Waals surface area contributed by atoms with Gasteiger partial charge >= 0.3 is 0 Å².